The normalized spacial score (nSPS) is 12.4. The van der Waals surface area contributed by atoms with Gasteiger partial charge in [-0.1, -0.05) is 17.7 Å². The summed E-state index contributed by atoms with van der Waals surface area (Å²) in [6.07, 6.45) is 0. The lowest BCUT2D eigenvalue weighted by molar-refractivity contribution is -0.120. The minimum absolute atomic E-state index is 0.143. The fourth-order valence-corrected chi connectivity index (χ4v) is 3.09. The van der Waals surface area contributed by atoms with E-state index in [-0.39, 0.29) is 11.2 Å². The van der Waals surface area contributed by atoms with Crippen LogP contribution in [-0.2, 0) is 4.79 Å². The number of methoxy groups -OCH3 is 2. The Morgan fingerprint density at radius 2 is 1.73 bits per heavy atom. The van der Waals surface area contributed by atoms with Gasteiger partial charge < -0.3 is 9.47 Å². The van der Waals surface area contributed by atoms with Crippen molar-refractivity contribution < 1.29 is 14.3 Å². The van der Waals surface area contributed by atoms with Crippen molar-refractivity contribution in [2.24, 2.45) is 5.10 Å². The third-order valence-electron chi connectivity index (χ3n) is 3.84. The number of nitrogens with one attached hydrogen (secondary N) is 1. The van der Waals surface area contributed by atoms with Crippen molar-refractivity contribution in [1.82, 2.24) is 5.43 Å². The van der Waals surface area contributed by atoms with Gasteiger partial charge in [-0.25, -0.2) is 5.43 Å². The molecule has 1 N–H and O–H groups in total. The third kappa shape index (κ3) is 5.26. The average Bonchev–Trinajstić information content (AvgIpc) is 2.66. The molecule has 0 aliphatic rings. The van der Waals surface area contributed by atoms with Crippen molar-refractivity contribution >= 4 is 23.4 Å². The van der Waals surface area contributed by atoms with Crippen molar-refractivity contribution in [1.29, 1.82) is 0 Å². The zero-order chi connectivity index (χ0) is 19.1. The standard InChI is InChI=1S/C20H24N2O3S/c1-13-6-9-17(10-7-13)26-15(3)20(23)22-21-14(2)16-8-11-18(24-4)19(12-16)25-5/h6-12,15H,1-5H3,(H,22,23)/b21-14-/t15-/m1/s1. The molecule has 0 fully saturated rings. The van der Waals surface area contributed by atoms with Gasteiger partial charge in [-0.15, -0.1) is 11.8 Å². The Kier molecular flexibility index (Phi) is 7.09. The van der Waals surface area contributed by atoms with E-state index in [0.717, 1.165) is 10.5 Å². The topological polar surface area (TPSA) is 59.9 Å². The monoisotopic (exact) mass is 372 g/mol. The summed E-state index contributed by atoms with van der Waals surface area (Å²) in [4.78, 5) is 13.3. The number of rotatable bonds is 7. The third-order valence-corrected chi connectivity index (χ3v) is 4.95. The Hall–Kier alpha value is -2.47. The molecule has 0 spiro atoms. The van der Waals surface area contributed by atoms with Gasteiger partial charge in [0.1, 0.15) is 0 Å². The minimum atomic E-state index is -0.250. The van der Waals surface area contributed by atoms with E-state index in [0.29, 0.717) is 17.2 Å². The lowest BCUT2D eigenvalue weighted by Crippen LogP contribution is -2.27. The van der Waals surface area contributed by atoms with Gasteiger partial charge in [0.05, 0.1) is 25.2 Å². The average molecular weight is 372 g/mol. The predicted octanol–water partition coefficient (Wildman–Crippen LogP) is 4.03. The van der Waals surface area contributed by atoms with Crippen LogP contribution in [0.2, 0.25) is 0 Å². The molecule has 0 bridgehead atoms. The van der Waals surface area contributed by atoms with Gasteiger partial charge in [0, 0.05) is 10.5 Å². The first-order valence-electron chi connectivity index (χ1n) is 8.24. The fraction of sp³-hybridized carbons (Fsp3) is 0.300. The second-order valence-electron chi connectivity index (χ2n) is 5.82. The first-order chi connectivity index (χ1) is 12.4. The number of thioether (sulfide) groups is 1. The Morgan fingerprint density at radius 1 is 1.08 bits per heavy atom. The van der Waals surface area contributed by atoms with Gasteiger partial charge in [0.25, 0.3) is 5.91 Å². The van der Waals surface area contributed by atoms with E-state index in [1.807, 2.05) is 63.2 Å². The van der Waals surface area contributed by atoms with E-state index in [4.69, 9.17) is 9.47 Å². The zero-order valence-corrected chi connectivity index (χ0v) is 16.5. The Bertz CT molecular complexity index is 788. The van der Waals surface area contributed by atoms with Crippen LogP contribution in [0.1, 0.15) is 25.0 Å². The number of aryl methyl sites for hydroxylation is 1. The molecule has 1 amide bonds. The van der Waals surface area contributed by atoms with Crippen LogP contribution in [0.4, 0.5) is 0 Å². The van der Waals surface area contributed by atoms with E-state index in [9.17, 15) is 4.79 Å². The van der Waals surface area contributed by atoms with Crippen molar-refractivity contribution in [3.05, 3.63) is 53.6 Å². The highest BCUT2D eigenvalue weighted by molar-refractivity contribution is 8.00. The molecule has 2 aromatic rings. The van der Waals surface area contributed by atoms with Crippen LogP contribution in [0.15, 0.2) is 52.5 Å². The van der Waals surface area contributed by atoms with Crippen LogP contribution in [0.3, 0.4) is 0 Å². The molecule has 0 heterocycles. The smallest absolute Gasteiger partial charge is 0.253 e. The minimum Gasteiger partial charge on any atom is -0.493 e. The first kappa shape index (κ1) is 19.8. The molecule has 2 aromatic carbocycles. The van der Waals surface area contributed by atoms with Gasteiger partial charge in [-0.05, 0) is 51.1 Å². The van der Waals surface area contributed by atoms with Crippen molar-refractivity contribution in [3.8, 4) is 11.5 Å². The second kappa shape index (κ2) is 9.29. The summed E-state index contributed by atoms with van der Waals surface area (Å²) in [7, 11) is 3.17. The first-order valence-corrected chi connectivity index (χ1v) is 9.12. The maximum Gasteiger partial charge on any atom is 0.253 e. The van der Waals surface area contributed by atoms with Crippen LogP contribution >= 0.6 is 11.8 Å². The number of carbonyl (C=O) groups is 1. The molecule has 0 saturated heterocycles. The molecule has 0 unspecified atom stereocenters. The van der Waals surface area contributed by atoms with Gasteiger partial charge in [-0.2, -0.15) is 5.10 Å². The van der Waals surface area contributed by atoms with Gasteiger partial charge in [0.2, 0.25) is 0 Å². The van der Waals surface area contributed by atoms with Gasteiger partial charge in [0.15, 0.2) is 11.5 Å². The van der Waals surface area contributed by atoms with Crippen molar-refractivity contribution in [2.75, 3.05) is 14.2 Å². The molecule has 26 heavy (non-hydrogen) atoms. The van der Waals surface area contributed by atoms with E-state index in [2.05, 4.69) is 10.5 Å². The van der Waals surface area contributed by atoms with Gasteiger partial charge in [-0.3, -0.25) is 4.79 Å². The molecule has 0 aromatic heterocycles. The number of nitrogens with zero attached hydrogens (tertiary/aromatic N) is 1. The van der Waals surface area contributed by atoms with Crippen molar-refractivity contribution in [2.45, 2.75) is 30.9 Å². The summed E-state index contributed by atoms with van der Waals surface area (Å²) in [5.41, 5.74) is 5.37. The SMILES string of the molecule is COc1ccc(/C(C)=N\NC(=O)[C@@H](C)Sc2ccc(C)cc2)cc1OC. The Balaban J connectivity index is 2.00. The van der Waals surface area contributed by atoms with Crippen LogP contribution in [0.5, 0.6) is 11.5 Å². The number of hydrogen-bond donors (Lipinski definition) is 1. The number of hydrazone groups is 1. The molecule has 0 saturated carbocycles. The van der Waals surface area contributed by atoms with E-state index >= 15 is 0 Å². The predicted molar refractivity (Wildman–Crippen MR) is 106 cm³/mol. The van der Waals surface area contributed by atoms with Crippen LogP contribution < -0.4 is 14.9 Å². The second-order valence-corrected chi connectivity index (χ2v) is 7.23. The quantitative estimate of drug-likeness (QED) is 0.453. The molecular weight excluding hydrogens is 348 g/mol. The highest BCUT2D eigenvalue weighted by Gasteiger charge is 2.14. The van der Waals surface area contributed by atoms with Crippen molar-refractivity contribution in [3.63, 3.8) is 0 Å². The van der Waals surface area contributed by atoms with Gasteiger partial charge >= 0.3 is 0 Å². The summed E-state index contributed by atoms with van der Waals surface area (Å²) in [6.45, 7) is 5.73. The van der Waals surface area contributed by atoms with Crippen LogP contribution in [-0.4, -0.2) is 31.1 Å². The Morgan fingerprint density at radius 3 is 2.35 bits per heavy atom. The number of hydrogen-bond acceptors (Lipinski definition) is 5. The molecule has 0 aliphatic heterocycles. The number of ether oxygens (including phenoxy) is 2. The maximum atomic E-state index is 12.3. The molecule has 2 rings (SSSR count). The molecule has 1 atom stereocenters. The molecule has 138 valence electrons. The summed E-state index contributed by atoms with van der Waals surface area (Å²) in [6, 6.07) is 13.6. The van der Waals surface area contributed by atoms with Crippen LogP contribution in [0.25, 0.3) is 0 Å². The maximum absolute atomic E-state index is 12.3. The molecular formula is C20H24N2O3S. The zero-order valence-electron chi connectivity index (χ0n) is 15.7. The summed E-state index contributed by atoms with van der Waals surface area (Å²) >= 11 is 1.50. The lowest BCUT2D eigenvalue weighted by Gasteiger charge is -2.11. The highest BCUT2D eigenvalue weighted by Crippen LogP contribution is 2.28. The number of carbonyl (C=O) groups excluding carboxylic acids is 1. The largest absolute Gasteiger partial charge is 0.493 e. The molecule has 5 nitrogen and oxygen atoms in total. The highest BCUT2D eigenvalue weighted by atomic mass is 32.2. The summed E-state index contributed by atoms with van der Waals surface area (Å²) < 4.78 is 10.5. The summed E-state index contributed by atoms with van der Waals surface area (Å²) in [5.74, 6) is 1.13. The fourth-order valence-electron chi connectivity index (χ4n) is 2.23. The Labute approximate surface area is 158 Å². The van der Waals surface area contributed by atoms with E-state index in [1.54, 1.807) is 14.2 Å². The number of benzene rings is 2. The van der Waals surface area contributed by atoms with E-state index < -0.39 is 0 Å². The molecule has 0 radical (unpaired) electrons. The lowest BCUT2D eigenvalue weighted by atomic mass is 10.1. The van der Waals surface area contributed by atoms with Crippen LogP contribution in [0, 0.1) is 6.92 Å². The number of amides is 1. The molecule has 0 aliphatic carbocycles. The summed E-state index contributed by atoms with van der Waals surface area (Å²) in [5, 5.41) is 3.96. The molecule has 6 heteroatoms. The van der Waals surface area contributed by atoms with E-state index in [1.165, 1.54) is 17.3 Å².